The van der Waals surface area contributed by atoms with E-state index in [-0.39, 0.29) is 6.04 Å². The van der Waals surface area contributed by atoms with Gasteiger partial charge in [-0.1, -0.05) is 38.1 Å². The summed E-state index contributed by atoms with van der Waals surface area (Å²) in [6, 6.07) is 14.7. The van der Waals surface area contributed by atoms with E-state index in [2.05, 4.69) is 15.3 Å². The number of benzene rings is 2. The van der Waals surface area contributed by atoms with Crippen LogP contribution in [0.4, 0.5) is 16.4 Å². The molecule has 5 rings (SSSR count). The van der Waals surface area contributed by atoms with E-state index in [9.17, 15) is 18.3 Å². The number of sulfonamides is 1. The molecule has 44 heavy (non-hydrogen) atoms. The second-order valence-corrected chi connectivity index (χ2v) is 13.2. The molecule has 11 nitrogen and oxygen atoms in total. The number of piperidine rings is 1. The predicted molar refractivity (Wildman–Crippen MR) is 172 cm³/mol. The van der Waals surface area contributed by atoms with Gasteiger partial charge in [0, 0.05) is 49.3 Å². The lowest BCUT2D eigenvalue weighted by Gasteiger charge is -2.31. The molecular weight excluding hydrogens is 580 g/mol. The van der Waals surface area contributed by atoms with Gasteiger partial charge in [0.25, 0.3) is 0 Å². The van der Waals surface area contributed by atoms with Crippen molar-refractivity contribution in [2.24, 2.45) is 0 Å². The van der Waals surface area contributed by atoms with Crippen LogP contribution in [0.2, 0.25) is 0 Å². The maximum atomic E-state index is 13.4. The zero-order valence-corrected chi connectivity index (χ0v) is 26.2. The SMILES string of the molecule is CCC(CC)S(=O)(=O)N(C)c1cccc2c(Oc3ncccc3-c3ccnc(N[C@H]4CCCN(C(=O)O)C4)n3)c(C)ccc12. The monoisotopic (exact) mass is 618 g/mol. The third-order valence-electron chi connectivity index (χ3n) is 8.17. The van der Waals surface area contributed by atoms with Gasteiger partial charge in [-0.05, 0) is 62.4 Å². The lowest BCUT2D eigenvalue weighted by atomic mass is 10.0. The molecule has 1 aliphatic heterocycles. The van der Waals surface area contributed by atoms with Crippen LogP contribution in [0.5, 0.6) is 11.6 Å². The minimum Gasteiger partial charge on any atom is -0.465 e. The van der Waals surface area contributed by atoms with Crippen molar-refractivity contribution in [3.63, 3.8) is 0 Å². The van der Waals surface area contributed by atoms with E-state index in [0.717, 1.165) is 29.2 Å². The van der Waals surface area contributed by atoms with Crippen molar-refractivity contribution in [2.75, 3.05) is 29.8 Å². The van der Waals surface area contributed by atoms with E-state index in [4.69, 9.17) is 9.72 Å². The van der Waals surface area contributed by atoms with Gasteiger partial charge in [-0.3, -0.25) is 4.31 Å². The van der Waals surface area contributed by atoms with Gasteiger partial charge in [0.05, 0.1) is 22.2 Å². The minimum atomic E-state index is -3.56. The van der Waals surface area contributed by atoms with Crippen LogP contribution in [0.1, 0.15) is 45.1 Å². The van der Waals surface area contributed by atoms with Crippen molar-refractivity contribution in [3.8, 4) is 22.9 Å². The van der Waals surface area contributed by atoms with Crippen LogP contribution >= 0.6 is 0 Å². The highest BCUT2D eigenvalue weighted by atomic mass is 32.2. The number of aromatic nitrogens is 3. The Morgan fingerprint density at radius 1 is 1.09 bits per heavy atom. The summed E-state index contributed by atoms with van der Waals surface area (Å²) in [6.07, 6.45) is 5.00. The van der Waals surface area contributed by atoms with Gasteiger partial charge in [-0.15, -0.1) is 0 Å². The molecule has 2 aromatic carbocycles. The largest absolute Gasteiger partial charge is 0.465 e. The van der Waals surface area contributed by atoms with Crippen molar-refractivity contribution in [1.82, 2.24) is 19.9 Å². The fourth-order valence-electron chi connectivity index (χ4n) is 5.70. The van der Waals surface area contributed by atoms with Crippen LogP contribution in [0.3, 0.4) is 0 Å². The zero-order chi connectivity index (χ0) is 31.4. The molecule has 2 N–H and O–H groups in total. The fraction of sp³-hybridized carbons (Fsp3) is 0.375. The first kappa shape index (κ1) is 31.0. The molecule has 0 unspecified atom stereocenters. The van der Waals surface area contributed by atoms with Crippen molar-refractivity contribution >= 4 is 38.5 Å². The van der Waals surface area contributed by atoms with Crippen LogP contribution in [0.25, 0.3) is 22.0 Å². The summed E-state index contributed by atoms with van der Waals surface area (Å²) in [4.78, 5) is 26.5. The number of likely N-dealkylation sites (tertiary alicyclic amines) is 1. The summed E-state index contributed by atoms with van der Waals surface area (Å²) < 4.78 is 34.7. The van der Waals surface area contributed by atoms with Crippen molar-refractivity contribution < 1.29 is 23.1 Å². The van der Waals surface area contributed by atoms with E-state index in [1.807, 2.05) is 57.2 Å². The topological polar surface area (TPSA) is 138 Å². The molecule has 12 heteroatoms. The minimum absolute atomic E-state index is 0.0980. The highest BCUT2D eigenvalue weighted by Gasteiger charge is 2.29. The van der Waals surface area contributed by atoms with Crippen LogP contribution in [0.15, 0.2) is 60.9 Å². The lowest BCUT2D eigenvalue weighted by Crippen LogP contribution is -2.44. The van der Waals surface area contributed by atoms with Gasteiger partial charge in [0.15, 0.2) is 0 Å². The van der Waals surface area contributed by atoms with Gasteiger partial charge in [-0.2, -0.15) is 0 Å². The standard InChI is InChI=1S/C32H38N6O5S/c1-5-23(6-2)44(41,42)37(4)28-13-7-11-25-24(28)15-14-21(3)29(25)43-30-26(12-8-17-33-30)27-16-18-34-31(36-27)35-22-10-9-19-38(20-22)32(39)40/h7-8,11-18,22-23H,5-6,9-10,19-20H2,1-4H3,(H,39,40)(H,34,35,36)/t22-/m0/s1. The van der Waals surface area contributed by atoms with Crippen LogP contribution in [-0.2, 0) is 10.0 Å². The van der Waals surface area contributed by atoms with E-state index in [1.54, 1.807) is 31.6 Å². The molecule has 1 saturated heterocycles. The molecule has 1 fully saturated rings. The van der Waals surface area contributed by atoms with E-state index in [0.29, 0.717) is 60.5 Å². The Hall–Kier alpha value is -4.45. The van der Waals surface area contributed by atoms with Crippen molar-refractivity contribution in [3.05, 3.63) is 66.5 Å². The van der Waals surface area contributed by atoms with Gasteiger partial charge in [0.2, 0.25) is 21.9 Å². The number of carboxylic acid groups (broad SMARTS) is 1. The fourth-order valence-corrected chi connectivity index (χ4v) is 7.42. The molecule has 0 radical (unpaired) electrons. The van der Waals surface area contributed by atoms with Crippen LogP contribution in [-0.4, -0.2) is 70.9 Å². The number of ether oxygens (including phenoxy) is 1. The number of hydrogen-bond acceptors (Lipinski definition) is 8. The molecule has 1 aliphatic rings. The van der Waals surface area contributed by atoms with E-state index < -0.39 is 21.4 Å². The average Bonchev–Trinajstić information content (AvgIpc) is 3.02. The smallest absolute Gasteiger partial charge is 0.407 e. The molecular formula is C32H38N6O5S. The number of hydrogen-bond donors (Lipinski definition) is 2. The highest BCUT2D eigenvalue weighted by Crippen LogP contribution is 2.40. The Balaban J connectivity index is 1.48. The van der Waals surface area contributed by atoms with Gasteiger partial charge >= 0.3 is 6.09 Å². The summed E-state index contributed by atoms with van der Waals surface area (Å²) in [5, 5.41) is 13.7. The molecule has 2 aromatic heterocycles. The summed E-state index contributed by atoms with van der Waals surface area (Å²) in [5.41, 5.74) is 2.68. The molecule has 3 heterocycles. The molecule has 0 bridgehead atoms. The maximum Gasteiger partial charge on any atom is 0.407 e. The molecule has 0 aliphatic carbocycles. The summed E-state index contributed by atoms with van der Waals surface area (Å²) in [7, 11) is -1.96. The van der Waals surface area contributed by atoms with Gasteiger partial charge in [-0.25, -0.2) is 28.2 Å². The predicted octanol–water partition coefficient (Wildman–Crippen LogP) is 6.30. The van der Waals surface area contributed by atoms with E-state index in [1.165, 1.54) is 9.21 Å². The van der Waals surface area contributed by atoms with Gasteiger partial charge < -0.3 is 20.1 Å². The number of pyridine rings is 1. The zero-order valence-electron chi connectivity index (χ0n) is 25.4. The normalized spacial score (nSPS) is 15.4. The second-order valence-electron chi connectivity index (χ2n) is 11.0. The Labute approximate surface area is 258 Å². The highest BCUT2D eigenvalue weighted by molar-refractivity contribution is 7.93. The molecule has 4 aromatic rings. The summed E-state index contributed by atoms with van der Waals surface area (Å²) in [6.45, 7) is 6.60. The first-order valence-corrected chi connectivity index (χ1v) is 16.3. The lowest BCUT2D eigenvalue weighted by molar-refractivity contribution is 0.132. The van der Waals surface area contributed by atoms with Crippen LogP contribution in [0, 0.1) is 6.92 Å². The quantitative estimate of drug-likeness (QED) is 0.210. The van der Waals surface area contributed by atoms with Crippen molar-refractivity contribution in [2.45, 2.75) is 57.7 Å². The first-order valence-electron chi connectivity index (χ1n) is 14.8. The Morgan fingerprint density at radius 2 is 1.89 bits per heavy atom. The average molecular weight is 619 g/mol. The molecule has 0 saturated carbocycles. The second kappa shape index (κ2) is 13.0. The van der Waals surface area contributed by atoms with Crippen LogP contribution < -0.4 is 14.4 Å². The number of anilines is 2. The number of amides is 1. The Morgan fingerprint density at radius 3 is 2.64 bits per heavy atom. The maximum absolute atomic E-state index is 13.4. The molecule has 0 spiro atoms. The third kappa shape index (κ3) is 6.26. The molecule has 232 valence electrons. The first-order chi connectivity index (χ1) is 21.1. The molecule has 1 amide bonds. The Kier molecular flexibility index (Phi) is 9.19. The number of aryl methyl sites for hydroxylation is 1. The van der Waals surface area contributed by atoms with E-state index >= 15 is 0 Å². The summed E-state index contributed by atoms with van der Waals surface area (Å²) >= 11 is 0. The van der Waals surface area contributed by atoms with Crippen molar-refractivity contribution in [1.29, 1.82) is 0 Å². The number of fused-ring (bicyclic) bond motifs is 1. The number of nitrogens with zero attached hydrogens (tertiary/aromatic N) is 5. The van der Waals surface area contributed by atoms with Gasteiger partial charge in [0.1, 0.15) is 5.75 Å². The number of carbonyl (C=O) groups is 1. The number of rotatable bonds is 10. The Bertz CT molecular complexity index is 1760. The molecule has 1 atom stereocenters. The number of nitrogens with one attached hydrogen (secondary N) is 1. The summed E-state index contributed by atoms with van der Waals surface area (Å²) in [5.74, 6) is 1.30. The third-order valence-corrected chi connectivity index (χ3v) is 10.6.